The molecule has 1 atom stereocenters. The molecule has 0 radical (unpaired) electrons. The van der Waals surface area contributed by atoms with Gasteiger partial charge in [-0.05, 0) is 34.9 Å². The number of hydrogen-bond acceptors (Lipinski definition) is 2. The van der Waals surface area contributed by atoms with Crippen LogP contribution in [-0.4, -0.2) is 17.4 Å². The predicted molar refractivity (Wildman–Crippen MR) is 108 cm³/mol. The zero-order valence-electron chi connectivity index (χ0n) is 14.2. The third-order valence-corrected chi connectivity index (χ3v) is 5.13. The first-order valence-corrected chi connectivity index (χ1v) is 9.42. The molecule has 0 unspecified atom stereocenters. The Balaban J connectivity index is 1.83. The van der Waals surface area contributed by atoms with Gasteiger partial charge in [-0.3, -0.25) is 9.69 Å². The molecule has 1 aliphatic rings. The number of carbonyl (C=O) groups excluding carboxylic acids is 1. The Kier molecular flexibility index (Phi) is 4.87. The van der Waals surface area contributed by atoms with Crippen LogP contribution in [0.5, 0.6) is 0 Å². The van der Waals surface area contributed by atoms with Crippen LogP contribution >= 0.6 is 15.9 Å². The van der Waals surface area contributed by atoms with Crippen LogP contribution in [0, 0.1) is 0 Å². The zero-order chi connectivity index (χ0) is 17.9. The second-order valence-electron chi connectivity index (χ2n) is 6.48. The van der Waals surface area contributed by atoms with Crippen molar-refractivity contribution in [1.29, 1.82) is 0 Å². The number of benzene rings is 3. The van der Waals surface area contributed by atoms with E-state index in [9.17, 15) is 4.79 Å². The average molecular weight is 407 g/mol. The largest absolute Gasteiger partial charge is 0.325 e. The van der Waals surface area contributed by atoms with Crippen LogP contribution in [0.2, 0.25) is 0 Å². The molecule has 3 nitrogen and oxygen atoms in total. The van der Waals surface area contributed by atoms with Crippen LogP contribution in [0.25, 0.3) is 0 Å². The molecule has 1 aliphatic heterocycles. The Morgan fingerprint density at radius 2 is 1.65 bits per heavy atom. The molecule has 26 heavy (non-hydrogen) atoms. The van der Waals surface area contributed by atoms with Gasteiger partial charge in [0.2, 0.25) is 5.91 Å². The molecular weight excluding hydrogens is 388 g/mol. The van der Waals surface area contributed by atoms with E-state index in [0.29, 0.717) is 13.1 Å². The fourth-order valence-corrected chi connectivity index (χ4v) is 3.91. The molecule has 4 rings (SSSR count). The quantitative estimate of drug-likeness (QED) is 0.663. The van der Waals surface area contributed by atoms with Crippen LogP contribution in [0.1, 0.15) is 22.7 Å². The third kappa shape index (κ3) is 3.57. The topological polar surface area (TPSA) is 32.3 Å². The van der Waals surface area contributed by atoms with Crippen LogP contribution in [0.15, 0.2) is 83.3 Å². The third-order valence-electron chi connectivity index (χ3n) is 4.64. The molecular formula is C22H19BrN2O. The van der Waals surface area contributed by atoms with Gasteiger partial charge < -0.3 is 5.32 Å². The van der Waals surface area contributed by atoms with Crippen molar-refractivity contribution in [1.82, 2.24) is 4.90 Å². The van der Waals surface area contributed by atoms with E-state index in [4.69, 9.17) is 0 Å². The molecule has 0 saturated heterocycles. The molecule has 0 aliphatic carbocycles. The minimum atomic E-state index is 0.00264. The van der Waals surface area contributed by atoms with Crippen LogP contribution < -0.4 is 5.32 Å². The highest BCUT2D eigenvalue weighted by Crippen LogP contribution is 2.37. The van der Waals surface area contributed by atoms with Crippen molar-refractivity contribution < 1.29 is 4.79 Å². The second kappa shape index (κ2) is 7.44. The molecule has 0 bridgehead atoms. The number of hydrogen-bond donors (Lipinski definition) is 1. The van der Waals surface area contributed by atoms with Crippen molar-refractivity contribution in [3.63, 3.8) is 0 Å². The van der Waals surface area contributed by atoms with E-state index in [1.807, 2.05) is 48.5 Å². The number of nitrogens with one attached hydrogen (secondary N) is 1. The molecule has 0 spiro atoms. The lowest BCUT2D eigenvalue weighted by atomic mass is 9.95. The Bertz CT molecular complexity index is 912. The summed E-state index contributed by atoms with van der Waals surface area (Å²) in [4.78, 5) is 14.8. The fourth-order valence-electron chi connectivity index (χ4n) is 3.53. The molecule has 4 heteroatoms. The highest BCUT2D eigenvalue weighted by Gasteiger charge is 2.30. The normalized spacial score (nSPS) is 17.3. The van der Waals surface area contributed by atoms with E-state index >= 15 is 0 Å². The van der Waals surface area contributed by atoms with Gasteiger partial charge in [0.25, 0.3) is 0 Å². The maximum absolute atomic E-state index is 12.5. The molecule has 0 saturated carbocycles. The second-order valence-corrected chi connectivity index (χ2v) is 7.40. The zero-order valence-corrected chi connectivity index (χ0v) is 15.8. The number of rotatable bonds is 3. The highest BCUT2D eigenvalue weighted by atomic mass is 79.9. The maximum Gasteiger partial charge on any atom is 0.238 e. The van der Waals surface area contributed by atoms with Crippen LogP contribution in [0.4, 0.5) is 5.69 Å². The van der Waals surface area contributed by atoms with Crippen molar-refractivity contribution in [3.05, 3.63) is 100 Å². The lowest BCUT2D eigenvalue weighted by Crippen LogP contribution is -2.33. The van der Waals surface area contributed by atoms with Crippen molar-refractivity contribution in [2.45, 2.75) is 12.6 Å². The van der Waals surface area contributed by atoms with Gasteiger partial charge in [0.05, 0.1) is 12.6 Å². The summed E-state index contributed by atoms with van der Waals surface area (Å²) in [6.07, 6.45) is 0. The monoisotopic (exact) mass is 406 g/mol. The first kappa shape index (κ1) is 17.0. The smallest absolute Gasteiger partial charge is 0.238 e. The minimum absolute atomic E-state index is 0.00264. The van der Waals surface area contributed by atoms with Crippen molar-refractivity contribution in [2.24, 2.45) is 0 Å². The van der Waals surface area contributed by atoms with Gasteiger partial charge in [-0.25, -0.2) is 0 Å². The van der Waals surface area contributed by atoms with Crippen LogP contribution in [0.3, 0.4) is 0 Å². The Labute approximate surface area is 161 Å². The van der Waals surface area contributed by atoms with Crippen LogP contribution in [-0.2, 0) is 11.3 Å². The molecule has 1 N–H and O–H groups in total. The van der Waals surface area contributed by atoms with E-state index in [-0.39, 0.29) is 11.9 Å². The van der Waals surface area contributed by atoms with Crippen molar-refractivity contribution >= 4 is 27.5 Å². The van der Waals surface area contributed by atoms with Gasteiger partial charge >= 0.3 is 0 Å². The minimum Gasteiger partial charge on any atom is -0.325 e. The first-order chi connectivity index (χ1) is 12.7. The maximum atomic E-state index is 12.5. The molecule has 1 amide bonds. The number of carbonyl (C=O) groups is 1. The van der Waals surface area contributed by atoms with E-state index in [0.717, 1.165) is 15.7 Å². The molecule has 3 aromatic carbocycles. The van der Waals surface area contributed by atoms with E-state index in [1.54, 1.807) is 0 Å². The van der Waals surface area contributed by atoms with Crippen molar-refractivity contribution in [3.8, 4) is 0 Å². The summed E-state index contributed by atoms with van der Waals surface area (Å²) < 4.78 is 1.01. The summed E-state index contributed by atoms with van der Waals surface area (Å²) >= 11 is 3.59. The first-order valence-electron chi connectivity index (χ1n) is 8.63. The fraction of sp³-hybridized carbons (Fsp3) is 0.136. The summed E-state index contributed by atoms with van der Waals surface area (Å²) in [5, 5.41) is 3.06. The number of anilines is 1. The molecule has 3 aromatic rings. The SMILES string of the molecule is O=C1CN(Cc2ccccc2)[C@@H](c2ccccc2)c2cc(Br)ccc2N1. The summed E-state index contributed by atoms with van der Waals surface area (Å²) in [5.74, 6) is 0.0166. The average Bonchev–Trinajstić information content (AvgIpc) is 2.78. The predicted octanol–water partition coefficient (Wildman–Crippen LogP) is 4.99. The van der Waals surface area contributed by atoms with E-state index < -0.39 is 0 Å². The summed E-state index contributed by atoms with van der Waals surface area (Å²) in [5.41, 5.74) is 4.36. The van der Waals surface area contributed by atoms with Gasteiger partial charge in [0, 0.05) is 16.7 Å². The Morgan fingerprint density at radius 3 is 2.38 bits per heavy atom. The number of halogens is 1. The van der Waals surface area contributed by atoms with E-state index in [2.05, 4.69) is 56.5 Å². The number of nitrogens with zero attached hydrogens (tertiary/aromatic N) is 1. The summed E-state index contributed by atoms with van der Waals surface area (Å²) in [6.45, 7) is 1.06. The summed E-state index contributed by atoms with van der Waals surface area (Å²) in [6, 6.07) is 26.7. The highest BCUT2D eigenvalue weighted by molar-refractivity contribution is 9.10. The van der Waals surface area contributed by atoms with Gasteiger partial charge in [0.15, 0.2) is 0 Å². The number of amides is 1. The van der Waals surface area contributed by atoms with Gasteiger partial charge in [-0.1, -0.05) is 76.6 Å². The van der Waals surface area contributed by atoms with Gasteiger partial charge in [-0.15, -0.1) is 0 Å². The Hall–Kier alpha value is -2.43. The summed E-state index contributed by atoms with van der Waals surface area (Å²) in [7, 11) is 0. The lowest BCUT2D eigenvalue weighted by Gasteiger charge is -2.30. The number of fused-ring (bicyclic) bond motifs is 1. The standard InChI is InChI=1S/C22H19BrN2O/c23-18-11-12-20-19(13-18)22(17-9-5-2-6-10-17)25(15-21(26)24-20)14-16-7-3-1-4-8-16/h1-13,22H,14-15H2,(H,24,26)/t22-/m0/s1. The van der Waals surface area contributed by atoms with Gasteiger partial charge in [0.1, 0.15) is 0 Å². The Morgan fingerprint density at radius 1 is 0.962 bits per heavy atom. The van der Waals surface area contributed by atoms with Gasteiger partial charge in [-0.2, -0.15) is 0 Å². The molecule has 0 fully saturated rings. The van der Waals surface area contributed by atoms with Crippen molar-refractivity contribution in [2.75, 3.05) is 11.9 Å². The molecule has 130 valence electrons. The van der Waals surface area contributed by atoms with E-state index in [1.165, 1.54) is 11.1 Å². The molecule has 1 heterocycles. The molecule has 0 aromatic heterocycles. The lowest BCUT2D eigenvalue weighted by molar-refractivity contribution is -0.117.